The Bertz CT molecular complexity index is 595. The van der Waals surface area contributed by atoms with Gasteiger partial charge in [-0.1, -0.05) is 27.2 Å². The fraction of sp³-hybridized carbons (Fsp3) is 0.562. The van der Waals surface area contributed by atoms with Crippen LogP contribution in [0.5, 0.6) is 5.75 Å². The fourth-order valence-electron chi connectivity index (χ4n) is 1.98. The predicted octanol–water partition coefficient (Wildman–Crippen LogP) is 2.64. The molecule has 0 aliphatic carbocycles. The van der Waals surface area contributed by atoms with Crippen LogP contribution >= 0.6 is 0 Å². The molecule has 0 radical (unpaired) electrons. The van der Waals surface area contributed by atoms with Gasteiger partial charge in [-0.05, 0) is 43.0 Å². The first kappa shape index (κ1) is 19.4. The number of hydrogen-bond acceptors (Lipinski definition) is 4. The molecule has 0 aliphatic rings. The van der Waals surface area contributed by atoms with Crippen molar-refractivity contribution in [1.82, 2.24) is 4.72 Å². The minimum atomic E-state index is -3.88. The van der Waals surface area contributed by atoms with Crippen LogP contribution in [0.1, 0.15) is 40.0 Å². The van der Waals surface area contributed by atoms with Crippen LogP contribution in [0.25, 0.3) is 0 Å². The Kier molecular flexibility index (Phi) is 7.51. The van der Waals surface area contributed by atoms with Gasteiger partial charge in [0.2, 0.25) is 10.0 Å². The van der Waals surface area contributed by atoms with Crippen molar-refractivity contribution >= 4 is 16.0 Å². The number of aliphatic carboxylic acids is 1. The molecule has 7 heteroatoms. The summed E-state index contributed by atoms with van der Waals surface area (Å²) in [7, 11) is -3.88. The first-order chi connectivity index (χ1) is 10.8. The van der Waals surface area contributed by atoms with E-state index in [0.29, 0.717) is 12.4 Å². The van der Waals surface area contributed by atoms with Gasteiger partial charge in [0.1, 0.15) is 11.8 Å². The summed E-state index contributed by atoms with van der Waals surface area (Å²) >= 11 is 0. The van der Waals surface area contributed by atoms with E-state index in [1.807, 2.05) is 13.8 Å². The summed E-state index contributed by atoms with van der Waals surface area (Å²) in [5, 5.41) is 9.15. The highest BCUT2D eigenvalue weighted by Crippen LogP contribution is 2.17. The molecule has 0 amide bonds. The van der Waals surface area contributed by atoms with E-state index >= 15 is 0 Å². The van der Waals surface area contributed by atoms with Gasteiger partial charge in [-0.3, -0.25) is 4.79 Å². The van der Waals surface area contributed by atoms with Crippen molar-refractivity contribution in [2.24, 2.45) is 5.92 Å². The summed E-state index contributed by atoms with van der Waals surface area (Å²) in [5.74, 6) is -0.524. The monoisotopic (exact) mass is 343 g/mol. The third-order valence-electron chi connectivity index (χ3n) is 3.20. The molecule has 2 N–H and O–H groups in total. The second-order valence-corrected chi connectivity index (χ2v) is 7.53. The van der Waals surface area contributed by atoms with Gasteiger partial charge in [-0.15, -0.1) is 0 Å². The molecule has 1 rings (SSSR count). The standard InChI is InChI=1S/C16H25NO5S/c1-4-5-10-22-13-6-8-14(9-7-13)23(20,21)17-15(16(18)19)11-12(2)3/h6-9,12,15,17H,4-5,10-11H2,1-3H3,(H,18,19)/t15-/m0/s1. The molecule has 130 valence electrons. The van der Waals surface area contributed by atoms with E-state index in [9.17, 15) is 13.2 Å². The zero-order valence-electron chi connectivity index (χ0n) is 13.8. The third kappa shape index (κ3) is 6.58. The number of carbonyl (C=O) groups is 1. The molecule has 0 heterocycles. The van der Waals surface area contributed by atoms with Gasteiger partial charge < -0.3 is 9.84 Å². The van der Waals surface area contributed by atoms with Crippen molar-refractivity contribution in [2.45, 2.75) is 51.0 Å². The summed E-state index contributed by atoms with van der Waals surface area (Å²) in [6.45, 7) is 6.32. The molecular formula is C16H25NO5S. The normalized spacial score (nSPS) is 13.0. The molecule has 0 aromatic heterocycles. The molecule has 0 aliphatic heterocycles. The van der Waals surface area contributed by atoms with Gasteiger partial charge in [0, 0.05) is 0 Å². The Morgan fingerprint density at radius 1 is 1.26 bits per heavy atom. The van der Waals surface area contributed by atoms with Crippen LogP contribution < -0.4 is 9.46 Å². The fourth-order valence-corrected chi connectivity index (χ4v) is 3.18. The molecule has 0 fully saturated rings. The number of carboxylic acids is 1. The van der Waals surface area contributed by atoms with E-state index in [0.717, 1.165) is 12.8 Å². The molecule has 0 spiro atoms. The maximum absolute atomic E-state index is 12.3. The second kappa shape index (κ2) is 8.88. The van der Waals surface area contributed by atoms with E-state index in [1.165, 1.54) is 12.1 Å². The average molecular weight is 343 g/mol. The maximum atomic E-state index is 12.3. The molecule has 0 unspecified atom stereocenters. The van der Waals surface area contributed by atoms with Crippen molar-refractivity contribution in [3.8, 4) is 5.75 Å². The van der Waals surface area contributed by atoms with Gasteiger partial charge in [0.15, 0.2) is 0 Å². The van der Waals surface area contributed by atoms with E-state index in [1.54, 1.807) is 12.1 Å². The topological polar surface area (TPSA) is 92.7 Å². The molecule has 0 saturated heterocycles. The lowest BCUT2D eigenvalue weighted by Gasteiger charge is -2.16. The maximum Gasteiger partial charge on any atom is 0.321 e. The van der Waals surface area contributed by atoms with Crippen LogP contribution in [0.15, 0.2) is 29.2 Å². The number of sulfonamides is 1. The van der Waals surface area contributed by atoms with Gasteiger partial charge in [0.05, 0.1) is 11.5 Å². The Balaban J connectivity index is 2.80. The molecular weight excluding hydrogens is 318 g/mol. The SMILES string of the molecule is CCCCOc1ccc(S(=O)(=O)N[C@@H](CC(C)C)C(=O)O)cc1. The number of nitrogens with one attached hydrogen (secondary N) is 1. The molecule has 0 saturated carbocycles. The highest BCUT2D eigenvalue weighted by molar-refractivity contribution is 7.89. The number of carboxylic acid groups (broad SMARTS) is 1. The lowest BCUT2D eigenvalue weighted by Crippen LogP contribution is -2.41. The summed E-state index contributed by atoms with van der Waals surface area (Å²) in [5.41, 5.74) is 0. The summed E-state index contributed by atoms with van der Waals surface area (Å²) in [6.07, 6.45) is 2.17. The van der Waals surface area contributed by atoms with Crippen LogP contribution in [0.3, 0.4) is 0 Å². The number of hydrogen-bond donors (Lipinski definition) is 2. The quantitative estimate of drug-likeness (QED) is 0.637. The average Bonchev–Trinajstić information content (AvgIpc) is 2.46. The molecule has 0 bridgehead atoms. The van der Waals surface area contributed by atoms with Crippen LogP contribution in [0.4, 0.5) is 0 Å². The van der Waals surface area contributed by atoms with Crippen LogP contribution in [0.2, 0.25) is 0 Å². The van der Waals surface area contributed by atoms with Crippen molar-refractivity contribution < 1.29 is 23.1 Å². The van der Waals surface area contributed by atoms with E-state index in [4.69, 9.17) is 9.84 Å². The van der Waals surface area contributed by atoms with Gasteiger partial charge >= 0.3 is 5.97 Å². The first-order valence-electron chi connectivity index (χ1n) is 7.74. The largest absolute Gasteiger partial charge is 0.494 e. The van der Waals surface area contributed by atoms with Crippen molar-refractivity contribution in [3.05, 3.63) is 24.3 Å². The molecule has 1 aromatic rings. The molecule has 1 atom stereocenters. The summed E-state index contributed by atoms with van der Waals surface area (Å²) in [6, 6.07) is 4.83. The summed E-state index contributed by atoms with van der Waals surface area (Å²) < 4.78 is 32.3. The third-order valence-corrected chi connectivity index (χ3v) is 4.69. The molecule has 6 nitrogen and oxygen atoms in total. The Labute approximate surface area is 137 Å². The first-order valence-corrected chi connectivity index (χ1v) is 9.22. The van der Waals surface area contributed by atoms with Crippen molar-refractivity contribution in [2.75, 3.05) is 6.61 Å². The van der Waals surface area contributed by atoms with E-state index < -0.39 is 22.0 Å². The summed E-state index contributed by atoms with van der Waals surface area (Å²) in [4.78, 5) is 11.2. The zero-order valence-corrected chi connectivity index (χ0v) is 14.6. The van der Waals surface area contributed by atoms with Crippen molar-refractivity contribution in [1.29, 1.82) is 0 Å². The lowest BCUT2D eigenvalue weighted by molar-refractivity contribution is -0.139. The number of rotatable bonds is 10. The van der Waals surface area contributed by atoms with E-state index in [2.05, 4.69) is 11.6 Å². The van der Waals surface area contributed by atoms with Crippen LogP contribution in [-0.2, 0) is 14.8 Å². The Hall–Kier alpha value is -1.60. The number of unbranched alkanes of at least 4 members (excludes halogenated alkanes) is 1. The molecule has 23 heavy (non-hydrogen) atoms. The predicted molar refractivity (Wildman–Crippen MR) is 88.0 cm³/mol. The minimum absolute atomic E-state index is 0.0235. The second-order valence-electron chi connectivity index (χ2n) is 5.82. The van der Waals surface area contributed by atoms with Gasteiger partial charge in [-0.2, -0.15) is 4.72 Å². The van der Waals surface area contributed by atoms with E-state index in [-0.39, 0.29) is 17.2 Å². The van der Waals surface area contributed by atoms with Crippen LogP contribution in [-0.4, -0.2) is 32.1 Å². The highest BCUT2D eigenvalue weighted by Gasteiger charge is 2.26. The zero-order chi connectivity index (χ0) is 17.5. The van der Waals surface area contributed by atoms with Crippen molar-refractivity contribution in [3.63, 3.8) is 0 Å². The lowest BCUT2D eigenvalue weighted by atomic mass is 10.1. The van der Waals surface area contributed by atoms with Crippen LogP contribution in [0, 0.1) is 5.92 Å². The molecule has 1 aromatic carbocycles. The minimum Gasteiger partial charge on any atom is -0.494 e. The number of benzene rings is 1. The number of ether oxygens (including phenoxy) is 1. The Morgan fingerprint density at radius 3 is 2.35 bits per heavy atom. The Morgan fingerprint density at radius 2 is 1.87 bits per heavy atom. The van der Waals surface area contributed by atoms with Gasteiger partial charge in [-0.25, -0.2) is 8.42 Å². The smallest absolute Gasteiger partial charge is 0.321 e. The highest BCUT2D eigenvalue weighted by atomic mass is 32.2. The van der Waals surface area contributed by atoms with Gasteiger partial charge in [0.25, 0.3) is 0 Å².